The summed E-state index contributed by atoms with van der Waals surface area (Å²) in [6, 6.07) is 6.61. The highest BCUT2D eigenvalue weighted by Gasteiger charge is 2.29. The first-order valence-corrected chi connectivity index (χ1v) is 11.8. The van der Waals surface area contributed by atoms with Crippen LogP contribution in [0.15, 0.2) is 47.5 Å². The van der Waals surface area contributed by atoms with Crippen molar-refractivity contribution in [3.05, 3.63) is 81.3 Å². The van der Waals surface area contributed by atoms with Crippen LogP contribution in [0.1, 0.15) is 61.2 Å². The Balaban J connectivity index is 2.04. The summed E-state index contributed by atoms with van der Waals surface area (Å²) < 4.78 is 16.3. The molecule has 0 radical (unpaired) electrons. The molecule has 36 heavy (non-hydrogen) atoms. The summed E-state index contributed by atoms with van der Waals surface area (Å²) in [4.78, 5) is 46.2. The zero-order valence-corrected chi connectivity index (χ0v) is 21.1. The first-order valence-electron chi connectivity index (χ1n) is 11.8. The second-order valence-corrected chi connectivity index (χ2v) is 9.45. The number of hydrogen-bond donors (Lipinski definition) is 2. The van der Waals surface area contributed by atoms with Gasteiger partial charge < -0.3 is 15.0 Å². The summed E-state index contributed by atoms with van der Waals surface area (Å²) in [5.74, 6) is -2.37. The van der Waals surface area contributed by atoms with E-state index in [1.807, 2.05) is 45.9 Å². The molecule has 3 rings (SSSR count). The van der Waals surface area contributed by atoms with Crippen molar-refractivity contribution < 1.29 is 19.1 Å². The van der Waals surface area contributed by atoms with Gasteiger partial charge >= 0.3 is 5.97 Å². The highest BCUT2D eigenvalue weighted by atomic mass is 19.1. The largest absolute Gasteiger partial charge is 0.481 e. The number of nitrogens with one attached hydrogen (secondary N) is 1. The molecule has 2 atom stereocenters. The van der Waals surface area contributed by atoms with Gasteiger partial charge in [0.1, 0.15) is 11.7 Å². The highest BCUT2D eigenvalue weighted by Crippen LogP contribution is 2.27. The topological polar surface area (TPSA) is 114 Å². The van der Waals surface area contributed by atoms with Gasteiger partial charge in [0.2, 0.25) is 5.91 Å². The Bertz CT molecular complexity index is 1320. The van der Waals surface area contributed by atoms with Gasteiger partial charge in [0.15, 0.2) is 11.6 Å². The van der Waals surface area contributed by atoms with Crippen molar-refractivity contribution in [2.24, 2.45) is 5.92 Å². The summed E-state index contributed by atoms with van der Waals surface area (Å²) >= 11 is 0. The molecule has 0 spiro atoms. The molecule has 2 heterocycles. The molecule has 0 fully saturated rings. The van der Waals surface area contributed by atoms with Gasteiger partial charge in [0.25, 0.3) is 5.56 Å². The molecule has 9 heteroatoms. The summed E-state index contributed by atoms with van der Waals surface area (Å²) in [7, 11) is 0. The fourth-order valence-electron chi connectivity index (χ4n) is 4.21. The lowest BCUT2D eigenvalue weighted by Gasteiger charge is -2.25. The van der Waals surface area contributed by atoms with Gasteiger partial charge in [0, 0.05) is 17.8 Å². The lowest BCUT2D eigenvalue weighted by Crippen LogP contribution is -2.40. The summed E-state index contributed by atoms with van der Waals surface area (Å²) in [5, 5.41) is 12.2. The minimum Gasteiger partial charge on any atom is -0.481 e. The number of nitrogens with zero attached hydrogens (tertiary/aromatic N) is 3. The lowest BCUT2D eigenvalue weighted by atomic mass is 10.0. The Hall–Kier alpha value is -3.88. The van der Waals surface area contributed by atoms with Gasteiger partial charge in [-0.1, -0.05) is 32.0 Å². The molecule has 190 valence electrons. The maximum Gasteiger partial charge on any atom is 0.305 e. The molecule has 8 nitrogen and oxygen atoms in total. The van der Waals surface area contributed by atoms with Gasteiger partial charge in [0.05, 0.1) is 18.7 Å². The van der Waals surface area contributed by atoms with E-state index in [0.29, 0.717) is 12.0 Å². The molecule has 1 amide bonds. The third kappa shape index (κ3) is 6.21. The number of rotatable bonds is 9. The maximum atomic E-state index is 15.0. The molecule has 0 aliphatic heterocycles. The van der Waals surface area contributed by atoms with Gasteiger partial charge in [-0.05, 0) is 55.9 Å². The zero-order valence-electron chi connectivity index (χ0n) is 21.1. The fraction of sp³-hybridized carbons (Fsp3) is 0.370. The van der Waals surface area contributed by atoms with E-state index in [-0.39, 0.29) is 23.0 Å². The summed E-state index contributed by atoms with van der Waals surface area (Å²) in [6.07, 6.45) is 2.26. The van der Waals surface area contributed by atoms with E-state index < -0.39 is 36.2 Å². The van der Waals surface area contributed by atoms with E-state index in [2.05, 4.69) is 15.3 Å². The predicted molar refractivity (Wildman–Crippen MR) is 134 cm³/mol. The van der Waals surface area contributed by atoms with Crippen LogP contribution in [0.5, 0.6) is 0 Å². The summed E-state index contributed by atoms with van der Waals surface area (Å²) in [5.41, 5.74) is 2.65. The molecule has 2 unspecified atom stereocenters. The normalized spacial score (nSPS) is 12.9. The number of carboxylic acid groups (broad SMARTS) is 1. The van der Waals surface area contributed by atoms with Crippen LogP contribution in [0, 0.1) is 32.5 Å². The molecule has 2 aromatic heterocycles. The molecule has 0 bridgehead atoms. The monoisotopic (exact) mass is 494 g/mol. The van der Waals surface area contributed by atoms with Crippen LogP contribution in [0.3, 0.4) is 0 Å². The Morgan fingerprint density at radius 1 is 1.14 bits per heavy atom. The van der Waals surface area contributed by atoms with Gasteiger partial charge in [-0.15, -0.1) is 0 Å². The van der Waals surface area contributed by atoms with Crippen LogP contribution >= 0.6 is 0 Å². The molecule has 0 aliphatic carbocycles. The number of aryl methyl sites for hydroxylation is 3. The van der Waals surface area contributed by atoms with Crippen molar-refractivity contribution in [1.82, 2.24) is 19.9 Å². The number of amides is 1. The van der Waals surface area contributed by atoms with Crippen LogP contribution in [0.25, 0.3) is 11.4 Å². The third-order valence-electron chi connectivity index (χ3n) is 5.94. The minimum absolute atomic E-state index is 0.0540. The molecule has 0 saturated carbocycles. The Labute approximate surface area is 209 Å². The van der Waals surface area contributed by atoms with Crippen molar-refractivity contribution in [2.75, 3.05) is 0 Å². The van der Waals surface area contributed by atoms with E-state index >= 15 is 0 Å². The van der Waals surface area contributed by atoms with Gasteiger partial charge in [-0.2, -0.15) is 0 Å². The van der Waals surface area contributed by atoms with E-state index in [4.69, 9.17) is 0 Å². The van der Waals surface area contributed by atoms with Crippen molar-refractivity contribution in [3.63, 3.8) is 0 Å². The molecule has 3 aromatic rings. The number of carbonyl (C=O) groups is 2. The first-order chi connectivity index (χ1) is 17.0. The van der Waals surface area contributed by atoms with Gasteiger partial charge in [-0.25, -0.2) is 14.4 Å². The van der Waals surface area contributed by atoms with Crippen LogP contribution in [-0.4, -0.2) is 31.5 Å². The highest BCUT2D eigenvalue weighted by molar-refractivity contribution is 5.81. The molecule has 0 saturated heterocycles. The molecule has 0 aliphatic rings. The number of hydrogen-bond acceptors (Lipinski definition) is 5. The number of halogens is 1. The van der Waals surface area contributed by atoms with Gasteiger partial charge in [-0.3, -0.25) is 14.4 Å². The number of benzene rings is 1. The smallest absolute Gasteiger partial charge is 0.305 e. The Kier molecular flexibility index (Phi) is 8.34. The number of carbonyl (C=O) groups excluding carboxylic acids is 1. The van der Waals surface area contributed by atoms with E-state index in [1.165, 1.54) is 10.6 Å². The fourth-order valence-corrected chi connectivity index (χ4v) is 4.21. The standard InChI is InChI=1S/C27H31FN4O4/c1-15(2)11-21(32-10-9-16(3)12-22(32)33)27(36)30-20(13-23(34)35)25-19(28)14-29-26(31-25)24-17(4)7-6-8-18(24)5/h6-10,12,14-15,20-21H,11,13H2,1-5H3,(H,30,36)(H,34,35). The Morgan fingerprint density at radius 3 is 2.39 bits per heavy atom. The second kappa shape index (κ2) is 11.2. The van der Waals surface area contributed by atoms with Crippen LogP contribution < -0.4 is 10.9 Å². The van der Waals surface area contributed by atoms with Crippen LogP contribution in [-0.2, 0) is 9.59 Å². The van der Waals surface area contributed by atoms with Crippen LogP contribution in [0.2, 0.25) is 0 Å². The van der Waals surface area contributed by atoms with E-state index in [1.54, 1.807) is 19.2 Å². The van der Waals surface area contributed by atoms with Crippen molar-refractivity contribution in [1.29, 1.82) is 0 Å². The first kappa shape index (κ1) is 26.7. The number of aromatic nitrogens is 3. The van der Waals surface area contributed by atoms with E-state index in [0.717, 1.165) is 22.9 Å². The minimum atomic E-state index is -1.27. The van der Waals surface area contributed by atoms with Crippen molar-refractivity contribution in [3.8, 4) is 11.4 Å². The summed E-state index contributed by atoms with van der Waals surface area (Å²) in [6.45, 7) is 9.35. The zero-order chi connectivity index (χ0) is 26.6. The lowest BCUT2D eigenvalue weighted by molar-refractivity contribution is -0.138. The average molecular weight is 495 g/mol. The Morgan fingerprint density at radius 2 is 1.81 bits per heavy atom. The molecule has 1 aromatic carbocycles. The van der Waals surface area contributed by atoms with Crippen molar-refractivity contribution >= 4 is 11.9 Å². The molecular weight excluding hydrogens is 463 g/mol. The molecule has 2 N–H and O–H groups in total. The van der Waals surface area contributed by atoms with Crippen molar-refractivity contribution in [2.45, 2.75) is 59.5 Å². The van der Waals surface area contributed by atoms with Crippen LogP contribution in [0.4, 0.5) is 4.39 Å². The predicted octanol–water partition coefficient (Wildman–Crippen LogP) is 4.29. The third-order valence-corrected chi connectivity index (χ3v) is 5.94. The average Bonchev–Trinajstić information content (AvgIpc) is 2.78. The maximum absolute atomic E-state index is 15.0. The van der Waals surface area contributed by atoms with E-state index in [9.17, 15) is 23.9 Å². The second-order valence-electron chi connectivity index (χ2n) is 9.45. The molecular formula is C27H31FN4O4. The number of pyridine rings is 1. The number of carboxylic acids is 1. The quantitative estimate of drug-likeness (QED) is 0.459. The SMILES string of the molecule is Cc1ccn(C(CC(C)C)C(=O)NC(CC(=O)O)c2nc(-c3c(C)cccc3C)ncc2F)c(=O)c1. The number of aliphatic carboxylic acids is 1.